The van der Waals surface area contributed by atoms with Gasteiger partial charge in [-0.3, -0.25) is 0 Å². The number of hydrogen-bond donors (Lipinski definition) is 2. The minimum atomic E-state index is 0.763. The van der Waals surface area contributed by atoms with Crippen molar-refractivity contribution in [2.24, 2.45) is 0 Å². The number of rotatable bonds is 8. The lowest BCUT2D eigenvalue weighted by Crippen LogP contribution is -2.19. The quantitative estimate of drug-likeness (QED) is 0.783. The monoisotopic (exact) mass is 285 g/mol. The largest absolute Gasteiger partial charge is 0.384 e. The van der Waals surface area contributed by atoms with Crippen molar-refractivity contribution in [2.75, 3.05) is 20.3 Å². The van der Waals surface area contributed by atoms with Crippen molar-refractivity contribution in [3.63, 3.8) is 0 Å². The summed E-state index contributed by atoms with van der Waals surface area (Å²) in [6.45, 7) is 1.77. The van der Waals surface area contributed by atoms with E-state index in [2.05, 4.69) is 39.6 Å². The van der Waals surface area contributed by atoms with Crippen LogP contribution in [0.15, 0.2) is 30.5 Å². The zero-order valence-electron chi connectivity index (χ0n) is 12.6. The number of nitrogens with zero attached hydrogens (tertiary/aromatic N) is 1. The van der Waals surface area contributed by atoms with Crippen LogP contribution in [0, 0.1) is 0 Å². The van der Waals surface area contributed by atoms with E-state index in [0.29, 0.717) is 0 Å². The van der Waals surface area contributed by atoms with Crippen LogP contribution in [-0.2, 0) is 17.6 Å². The predicted molar refractivity (Wildman–Crippen MR) is 84.3 cm³/mol. The molecule has 1 aliphatic rings. The molecule has 0 spiro atoms. The number of hydrogen-bond acceptors (Lipinski definition) is 3. The van der Waals surface area contributed by atoms with Crippen LogP contribution in [0.4, 0.5) is 0 Å². The van der Waals surface area contributed by atoms with Crippen LogP contribution in [0.25, 0.3) is 11.3 Å². The van der Waals surface area contributed by atoms with Gasteiger partial charge in [0.25, 0.3) is 0 Å². The van der Waals surface area contributed by atoms with Gasteiger partial charge >= 0.3 is 0 Å². The summed E-state index contributed by atoms with van der Waals surface area (Å²) in [5, 5.41) is 3.51. The lowest BCUT2D eigenvalue weighted by molar-refractivity contribution is 0.202. The highest BCUT2D eigenvalue weighted by molar-refractivity contribution is 5.58. The number of ether oxygens (including phenoxy) is 1. The summed E-state index contributed by atoms with van der Waals surface area (Å²) in [4.78, 5) is 7.88. The average Bonchev–Trinajstić information content (AvgIpc) is 3.22. The van der Waals surface area contributed by atoms with E-state index in [1.54, 1.807) is 7.11 Å². The second-order valence-corrected chi connectivity index (χ2v) is 5.66. The molecule has 1 saturated carbocycles. The van der Waals surface area contributed by atoms with E-state index >= 15 is 0 Å². The summed E-state index contributed by atoms with van der Waals surface area (Å²) in [6, 6.07) is 9.36. The standard InChI is InChI=1S/C17H23N3O/c1-21-11-9-13-2-4-14(5-3-13)16-12-19-17(20-16)8-10-18-15-6-7-15/h2-5,12,15,18H,6-11H2,1H3,(H,19,20). The molecular formula is C17H23N3O. The maximum absolute atomic E-state index is 5.10. The summed E-state index contributed by atoms with van der Waals surface area (Å²) < 4.78 is 5.10. The van der Waals surface area contributed by atoms with E-state index in [1.807, 2.05) is 6.20 Å². The van der Waals surface area contributed by atoms with Crippen molar-refractivity contribution in [2.45, 2.75) is 31.7 Å². The van der Waals surface area contributed by atoms with Crippen LogP contribution < -0.4 is 5.32 Å². The SMILES string of the molecule is COCCc1ccc(-c2cnc(CCNC3CC3)[nH]2)cc1. The molecule has 1 aliphatic carbocycles. The maximum Gasteiger partial charge on any atom is 0.107 e. The van der Waals surface area contributed by atoms with Gasteiger partial charge in [0.1, 0.15) is 5.82 Å². The highest BCUT2D eigenvalue weighted by Crippen LogP contribution is 2.19. The zero-order chi connectivity index (χ0) is 14.5. The minimum absolute atomic E-state index is 0.763. The minimum Gasteiger partial charge on any atom is -0.384 e. The van der Waals surface area contributed by atoms with Gasteiger partial charge in [0.15, 0.2) is 0 Å². The van der Waals surface area contributed by atoms with Crippen molar-refractivity contribution in [3.05, 3.63) is 41.9 Å². The second-order valence-electron chi connectivity index (χ2n) is 5.66. The second kappa shape index (κ2) is 6.87. The molecule has 1 aromatic heterocycles. The fourth-order valence-corrected chi connectivity index (χ4v) is 2.39. The molecule has 112 valence electrons. The number of aromatic amines is 1. The Balaban J connectivity index is 1.56. The van der Waals surface area contributed by atoms with E-state index in [-0.39, 0.29) is 0 Å². The molecular weight excluding hydrogens is 262 g/mol. The lowest BCUT2D eigenvalue weighted by atomic mass is 10.1. The highest BCUT2D eigenvalue weighted by atomic mass is 16.5. The first-order valence-corrected chi connectivity index (χ1v) is 7.70. The third-order valence-electron chi connectivity index (χ3n) is 3.86. The molecule has 0 aliphatic heterocycles. The molecule has 0 amide bonds. The molecule has 2 aromatic rings. The fraction of sp³-hybridized carbons (Fsp3) is 0.471. The normalized spacial score (nSPS) is 14.5. The van der Waals surface area contributed by atoms with Crippen molar-refractivity contribution >= 4 is 0 Å². The number of benzene rings is 1. The van der Waals surface area contributed by atoms with Gasteiger partial charge in [-0.05, 0) is 30.4 Å². The summed E-state index contributed by atoms with van der Waals surface area (Å²) >= 11 is 0. The highest BCUT2D eigenvalue weighted by Gasteiger charge is 2.19. The summed E-state index contributed by atoms with van der Waals surface area (Å²) in [7, 11) is 1.73. The Morgan fingerprint density at radius 2 is 2.05 bits per heavy atom. The molecule has 0 saturated heterocycles. The first kappa shape index (κ1) is 14.3. The molecule has 3 rings (SSSR count). The molecule has 1 heterocycles. The van der Waals surface area contributed by atoms with Crippen LogP contribution in [0.3, 0.4) is 0 Å². The van der Waals surface area contributed by atoms with Crippen molar-refractivity contribution < 1.29 is 4.74 Å². The molecule has 4 heteroatoms. The van der Waals surface area contributed by atoms with Gasteiger partial charge in [-0.25, -0.2) is 4.98 Å². The average molecular weight is 285 g/mol. The van der Waals surface area contributed by atoms with Crippen molar-refractivity contribution in [3.8, 4) is 11.3 Å². The third-order valence-corrected chi connectivity index (χ3v) is 3.86. The van der Waals surface area contributed by atoms with Crippen LogP contribution in [0.5, 0.6) is 0 Å². The van der Waals surface area contributed by atoms with Gasteiger partial charge in [0.05, 0.1) is 18.5 Å². The summed E-state index contributed by atoms with van der Waals surface area (Å²) in [6.07, 6.45) is 6.51. The smallest absolute Gasteiger partial charge is 0.107 e. The number of nitrogens with one attached hydrogen (secondary N) is 2. The van der Waals surface area contributed by atoms with Crippen LogP contribution in [0.1, 0.15) is 24.2 Å². The summed E-state index contributed by atoms with van der Waals surface area (Å²) in [5.74, 6) is 1.06. The molecule has 0 bridgehead atoms. The van der Waals surface area contributed by atoms with Crippen LogP contribution in [0.2, 0.25) is 0 Å². The molecule has 0 radical (unpaired) electrons. The summed E-state index contributed by atoms with van der Waals surface area (Å²) in [5.41, 5.74) is 3.58. The van der Waals surface area contributed by atoms with Crippen LogP contribution >= 0.6 is 0 Å². The van der Waals surface area contributed by atoms with E-state index in [0.717, 1.165) is 43.6 Å². The molecule has 0 atom stereocenters. The number of H-pyrrole nitrogens is 1. The van der Waals surface area contributed by atoms with Gasteiger partial charge < -0.3 is 15.0 Å². The van der Waals surface area contributed by atoms with Gasteiger partial charge in [0, 0.05) is 26.1 Å². The molecule has 4 nitrogen and oxygen atoms in total. The van der Waals surface area contributed by atoms with E-state index in [9.17, 15) is 0 Å². The van der Waals surface area contributed by atoms with E-state index in [1.165, 1.54) is 24.0 Å². The van der Waals surface area contributed by atoms with Crippen molar-refractivity contribution in [1.29, 1.82) is 0 Å². The Hall–Kier alpha value is -1.65. The van der Waals surface area contributed by atoms with Gasteiger partial charge in [-0.2, -0.15) is 0 Å². The Bertz CT molecular complexity index is 558. The molecule has 1 aromatic carbocycles. The molecule has 21 heavy (non-hydrogen) atoms. The Kier molecular flexibility index (Phi) is 4.68. The first-order valence-electron chi connectivity index (χ1n) is 7.70. The zero-order valence-corrected chi connectivity index (χ0v) is 12.6. The lowest BCUT2D eigenvalue weighted by Gasteiger charge is -2.02. The maximum atomic E-state index is 5.10. The molecule has 0 unspecified atom stereocenters. The first-order chi connectivity index (χ1) is 10.3. The Morgan fingerprint density at radius 3 is 2.76 bits per heavy atom. The van der Waals surface area contributed by atoms with Gasteiger partial charge in [0.2, 0.25) is 0 Å². The van der Waals surface area contributed by atoms with Crippen molar-refractivity contribution in [1.82, 2.24) is 15.3 Å². The van der Waals surface area contributed by atoms with E-state index < -0.39 is 0 Å². The molecule has 1 fully saturated rings. The topological polar surface area (TPSA) is 49.9 Å². The Morgan fingerprint density at radius 1 is 1.24 bits per heavy atom. The van der Waals surface area contributed by atoms with Crippen LogP contribution in [-0.4, -0.2) is 36.3 Å². The number of imidazole rings is 1. The molecule has 2 N–H and O–H groups in total. The number of methoxy groups -OCH3 is 1. The predicted octanol–water partition coefficient (Wildman–Crippen LogP) is 2.56. The van der Waals surface area contributed by atoms with Gasteiger partial charge in [-0.1, -0.05) is 24.3 Å². The third kappa shape index (κ3) is 4.16. The number of aromatic nitrogens is 2. The fourth-order valence-electron chi connectivity index (χ4n) is 2.39. The van der Waals surface area contributed by atoms with E-state index in [4.69, 9.17) is 4.74 Å². The Labute approximate surface area is 125 Å². The van der Waals surface area contributed by atoms with Gasteiger partial charge in [-0.15, -0.1) is 0 Å².